The predicted octanol–water partition coefficient (Wildman–Crippen LogP) is 1.27. The highest BCUT2D eigenvalue weighted by Crippen LogP contribution is 2.22. The lowest BCUT2D eigenvalue weighted by molar-refractivity contribution is -0.125. The van der Waals surface area contributed by atoms with E-state index in [1.165, 1.54) is 5.56 Å². The summed E-state index contributed by atoms with van der Waals surface area (Å²) in [6.07, 6.45) is 3.26. The third-order valence-corrected chi connectivity index (χ3v) is 3.80. The largest absolute Gasteiger partial charge is 0.356 e. The van der Waals surface area contributed by atoms with E-state index in [0.717, 1.165) is 30.7 Å². The lowest BCUT2D eigenvalue weighted by atomic mass is 9.89. The molecule has 3 rings (SSSR count). The van der Waals surface area contributed by atoms with Crippen LogP contribution >= 0.6 is 0 Å². The van der Waals surface area contributed by atoms with E-state index < -0.39 is 0 Å². The fraction of sp³-hybridized carbons (Fsp3) is 0.400. The average molecular weight is 270 g/mol. The summed E-state index contributed by atoms with van der Waals surface area (Å²) in [6, 6.07) is 10.2. The van der Waals surface area contributed by atoms with Crippen LogP contribution in [0.3, 0.4) is 0 Å². The van der Waals surface area contributed by atoms with Crippen molar-refractivity contribution in [1.82, 2.24) is 20.7 Å². The highest BCUT2D eigenvalue weighted by atomic mass is 16.1. The first kappa shape index (κ1) is 12.8. The van der Waals surface area contributed by atoms with Gasteiger partial charge >= 0.3 is 0 Å². The Bertz CT molecular complexity index is 579. The van der Waals surface area contributed by atoms with E-state index in [9.17, 15) is 4.79 Å². The summed E-state index contributed by atoms with van der Waals surface area (Å²) in [5.74, 6) is 0.165. The van der Waals surface area contributed by atoms with Crippen molar-refractivity contribution in [3.8, 4) is 0 Å². The number of nitrogens with zero attached hydrogens (tertiary/aromatic N) is 2. The quantitative estimate of drug-likeness (QED) is 0.879. The molecular weight excluding hydrogens is 252 g/mol. The van der Waals surface area contributed by atoms with Gasteiger partial charge in [0.25, 0.3) is 0 Å². The summed E-state index contributed by atoms with van der Waals surface area (Å²) >= 11 is 0. The molecule has 1 aromatic heterocycles. The number of H-pyrrole nitrogens is 1. The Morgan fingerprint density at radius 3 is 2.90 bits per heavy atom. The number of benzene rings is 1. The first-order valence-corrected chi connectivity index (χ1v) is 7.03. The van der Waals surface area contributed by atoms with Gasteiger partial charge in [-0.25, -0.2) is 0 Å². The van der Waals surface area contributed by atoms with Crippen LogP contribution in [0.4, 0.5) is 0 Å². The standard InChI is InChI=1S/C15H18N4O/c20-15(16-9-8-11-4-2-1-3-5-11)12-6-7-13-14(10-12)18-19-17-13/h1-5,12H,6-10H2,(H,16,20)(H,17,18,19). The number of aromatic amines is 1. The third kappa shape index (κ3) is 2.87. The molecule has 1 aliphatic carbocycles. The summed E-state index contributed by atoms with van der Waals surface area (Å²) in [5.41, 5.74) is 3.20. The zero-order valence-corrected chi connectivity index (χ0v) is 11.3. The minimum absolute atomic E-state index is 0.0309. The maximum Gasteiger partial charge on any atom is 0.223 e. The van der Waals surface area contributed by atoms with Crippen LogP contribution in [0.5, 0.6) is 0 Å². The summed E-state index contributed by atoms with van der Waals surface area (Å²) in [6.45, 7) is 0.686. The van der Waals surface area contributed by atoms with Crippen molar-refractivity contribution in [2.75, 3.05) is 6.54 Å². The molecule has 2 N–H and O–H groups in total. The molecule has 1 aromatic carbocycles. The molecule has 1 amide bonds. The van der Waals surface area contributed by atoms with E-state index >= 15 is 0 Å². The van der Waals surface area contributed by atoms with E-state index in [4.69, 9.17) is 0 Å². The van der Waals surface area contributed by atoms with Crippen molar-refractivity contribution in [3.63, 3.8) is 0 Å². The molecule has 1 aliphatic rings. The summed E-state index contributed by atoms with van der Waals surface area (Å²) in [4.78, 5) is 12.2. The molecule has 5 nitrogen and oxygen atoms in total. The topological polar surface area (TPSA) is 70.7 Å². The number of nitrogens with one attached hydrogen (secondary N) is 2. The van der Waals surface area contributed by atoms with Crippen LogP contribution in [0.15, 0.2) is 30.3 Å². The maximum atomic E-state index is 12.2. The highest BCUT2D eigenvalue weighted by Gasteiger charge is 2.26. The van der Waals surface area contributed by atoms with E-state index in [1.54, 1.807) is 0 Å². The Labute approximate surface area is 117 Å². The first-order chi connectivity index (χ1) is 9.83. The van der Waals surface area contributed by atoms with Gasteiger partial charge in [0.15, 0.2) is 0 Å². The van der Waals surface area contributed by atoms with Gasteiger partial charge in [-0.15, -0.1) is 0 Å². The molecule has 2 aromatic rings. The van der Waals surface area contributed by atoms with Gasteiger partial charge in [-0.3, -0.25) is 4.79 Å². The SMILES string of the molecule is O=C(NCCc1ccccc1)C1CCc2n[nH]nc2C1. The summed E-state index contributed by atoms with van der Waals surface area (Å²) < 4.78 is 0. The van der Waals surface area contributed by atoms with Crippen molar-refractivity contribution in [3.05, 3.63) is 47.3 Å². The van der Waals surface area contributed by atoms with Gasteiger partial charge in [-0.1, -0.05) is 30.3 Å². The van der Waals surface area contributed by atoms with Gasteiger partial charge in [-0.05, 0) is 24.8 Å². The minimum atomic E-state index is 0.0309. The van der Waals surface area contributed by atoms with Crippen molar-refractivity contribution < 1.29 is 4.79 Å². The van der Waals surface area contributed by atoms with Gasteiger partial charge < -0.3 is 5.32 Å². The van der Waals surface area contributed by atoms with Crippen LogP contribution in [-0.4, -0.2) is 27.9 Å². The lowest BCUT2D eigenvalue weighted by Crippen LogP contribution is -2.35. The summed E-state index contributed by atoms with van der Waals surface area (Å²) in [7, 11) is 0. The Hall–Kier alpha value is -2.17. The molecule has 0 saturated carbocycles. The smallest absolute Gasteiger partial charge is 0.223 e. The molecule has 0 radical (unpaired) electrons. The van der Waals surface area contributed by atoms with Gasteiger partial charge in [-0.2, -0.15) is 15.4 Å². The Morgan fingerprint density at radius 2 is 2.05 bits per heavy atom. The Kier molecular flexibility index (Phi) is 3.76. The number of rotatable bonds is 4. The van der Waals surface area contributed by atoms with E-state index in [-0.39, 0.29) is 11.8 Å². The Morgan fingerprint density at radius 1 is 1.25 bits per heavy atom. The predicted molar refractivity (Wildman–Crippen MR) is 75.1 cm³/mol. The van der Waals surface area contributed by atoms with Gasteiger partial charge in [0.1, 0.15) is 0 Å². The van der Waals surface area contributed by atoms with Gasteiger partial charge in [0, 0.05) is 18.9 Å². The minimum Gasteiger partial charge on any atom is -0.356 e. The Balaban J connectivity index is 1.48. The molecule has 0 aliphatic heterocycles. The fourth-order valence-corrected chi connectivity index (χ4v) is 2.63. The molecule has 104 valence electrons. The maximum absolute atomic E-state index is 12.2. The third-order valence-electron chi connectivity index (χ3n) is 3.80. The average Bonchev–Trinajstić information content (AvgIpc) is 2.95. The molecule has 1 atom stereocenters. The van der Waals surface area contributed by atoms with Crippen LogP contribution in [0.2, 0.25) is 0 Å². The second-order valence-electron chi connectivity index (χ2n) is 5.18. The molecule has 5 heteroatoms. The van der Waals surface area contributed by atoms with Crippen LogP contribution in [0.1, 0.15) is 23.4 Å². The number of aryl methyl sites for hydroxylation is 1. The van der Waals surface area contributed by atoms with Crippen molar-refractivity contribution in [1.29, 1.82) is 0 Å². The van der Waals surface area contributed by atoms with E-state index in [1.807, 2.05) is 18.2 Å². The second-order valence-corrected chi connectivity index (χ2v) is 5.18. The van der Waals surface area contributed by atoms with Crippen molar-refractivity contribution in [2.24, 2.45) is 5.92 Å². The van der Waals surface area contributed by atoms with E-state index in [0.29, 0.717) is 13.0 Å². The first-order valence-electron chi connectivity index (χ1n) is 7.03. The molecule has 0 saturated heterocycles. The van der Waals surface area contributed by atoms with Crippen molar-refractivity contribution in [2.45, 2.75) is 25.7 Å². The number of carbonyl (C=O) groups excluding carboxylic acids is 1. The molecule has 0 fully saturated rings. The molecule has 1 unspecified atom stereocenters. The highest BCUT2D eigenvalue weighted by molar-refractivity contribution is 5.79. The summed E-state index contributed by atoms with van der Waals surface area (Å²) in [5, 5.41) is 13.8. The van der Waals surface area contributed by atoms with Crippen LogP contribution in [-0.2, 0) is 24.1 Å². The monoisotopic (exact) mass is 270 g/mol. The van der Waals surface area contributed by atoms with Gasteiger partial charge in [0.2, 0.25) is 5.91 Å². The molecular formula is C15H18N4O. The number of carbonyl (C=O) groups is 1. The van der Waals surface area contributed by atoms with Crippen LogP contribution < -0.4 is 5.32 Å². The number of aromatic nitrogens is 3. The van der Waals surface area contributed by atoms with Gasteiger partial charge in [0.05, 0.1) is 11.4 Å². The zero-order chi connectivity index (χ0) is 13.8. The zero-order valence-electron chi connectivity index (χ0n) is 11.3. The van der Waals surface area contributed by atoms with Crippen LogP contribution in [0.25, 0.3) is 0 Å². The molecule has 20 heavy (non-hydrogen) atoms. The normalized spacial score (nSPS) is 17.5. The molecule has 0 spiro atoms. The van der Waals surface area contributed by atoms with Crippen molar-refractivity contribution >= 4 is 5.91 Å². The van der Waals surface area contributed by atoms with Crippen LogP contribution in [0, 0.1) is 5.92 Å². The van der Waals surface area contributed by atoms with E-state index in [2.05, 4.69) is 32.9 Å². The number of hydrogen-bond donors (Lipinski definition) is 2. The molecule has 0 bridgehead atoms. The lowest BCUT2D eigenvalue weighted by Gasteiger charge is -2.19. The number of amides is 1. The second kappa shape index (κ2) is 5.86. The number of fused-ring (bicyclic) bond motifs is 1. The molecule has 1 heterocycles. The fourth-order valence-electron chi connectivity index (χ4n) is 2.63. The number of hydrogen-bond acceptors (Lipinski definition) is 3.